The molecule has 4 heteroatoms. The van der Waals surface area contributed by atoms with E-state index in [1.165, 1.54) is 0 Å². The lowest BCUT2D eigenvalue weighted by atomic mass is 9.92. The Hall–Kier alpha value is -0.900. The molecule has 0 aliphatic heterocycles. The fourth-order valence-corrected chi connectivity index (χ4v) is 0.884. The van der Waals surface area contributed by atoms with E-state index in [0.717, 1.165) is 19.3 Å². The Morgan fingerprint density at radius 2 is 1.94 bits per heavy atom. The molecule has 0 heterocycles. The van der Waals surface area contributed by atoms with E-state index in [1.54, 1.807) is 20.8 Å². The molecule has 2 N–H and O–H groups in total. The van der Waals surface area contributed by atoms with Crippen LogP contribution in [0.5, 0.6) is 0 Å². The summed E-state index contributed by atoms with van der Waals surface area (Å²) in [5, 5.41) is 11.1. The summed E-state index contributed by atoms with van der Waals surface area (Å²) in [5.74, 6) is 0.743. The second-order valence-corrected chi connectivity index (χ2v) is 5.25. The van der Waals surface area contributed by atoms with Crippen LogP contribution in [0.4, 0.5) is 0 Å². The SMILES string of the molecule is CC(=O)NCCC(C)C.CC(C)(C=O)CCO. The van der Waals surface area contributed by atoms with Gasteiger partial charge in [0.1, 0.15) is 6.29 Å². The molecular weight excluding hydrogens is 218 g/mol. The number of rotatable bonds is 6. The van der Waals surface area contributed by atoms with E-state index in [-0.39, 0.29) is 17.9 Å². The standard InChI is InChI=1S/C7H15NO.C6H12O2/c1-6(2)4-5-8-7(3)9;1-6(2,5-8)3-4-7/h6H,4-5H2,1-3H3,(H,8,9);5,7H,3-4H2,1-2H3. The molecule has 0 atom stereocenters. The predicted octanol–water partition coefficient (Wildman–Crippen LogP) is 1.76. The van der Waals surface area contributed by atoms with Crippen LogP contribution in [0.3, 0.4) is 0 Å². The minimum absolute atomic E-state index is 0.0654. The summed E-state index contributed by atoms with van der Waals surface area (Å²) >= 11 is 0. The predicted molar refractivity (Wildman–Crippen MR) is 69.7 cm³/mol. The third-order valence-electron chi connectivity index (χ3n) is 2.17. The van der Waals surface area contributed by atoms with Crippen molar-refractivity contribution >= 4 is 12.2 Å². The van der Waals surface area contributed by atoms with Gasteiger partial charge < -0.3 is 15.2 Å². The molecule has 0 aromatic rings. The van der Waals surface area contributed by atoms with Crippen LogP contribution in [0.1, 0.15) is 47.5 Å². The molecule has 17 heavy (non-hydrogen) atoms. The fraction of sp³-hybridized carbons (Fsp3) is 0.846. The summed E-state index contributed by atoms with van der Waals surface area (Å²) in [5.41, 5.74) is -0.339. The van der Waals surface area contributed by atoms with E-state index in [9.17, 15) is 9.59 Å². The van der Waals surface area contributed by atoms with Gasteiger partial charge in [0.15, 0.2) is 0 Å². The van der Waals surface area contributed by atoms with E-state index in [2.05, 4.69) is 19.2 Å². The van der Waals surface area contributed by atoms with Crippen molar-refractivity contribution in [1.29, 1.82) is 0 Å². The summed E-state index contributed by atoms with van der Waals surface area (Å²) in [7, 11) is 0. The number of carbonyl (C=O) groups excluding carboxylic acids is 2. The molecular formula is C13H27NO3. The van der Waals surface area contributed by atoms with Gasteiger partial charge in [-0.25, -0.2) is 0 Å². The van der Waals surface area contributed by atoms with Crippen molar-refractivity contribution in [2.45, 2.75) is 47.5 Å². The molecule has 102 valence electrons. The maximum atomic E-state index is 10.3. The zero-order chi connectivity index (χ0) is 13.9. The van der Waals surface area contributed by atoms with Gasteiger partial charge in [0.2, 0.25) is 5.91 Å². The van der Waals surface area contributed by atoms with Crippen molar-refractivity contribution in [2.75, 3.05) is 13.2 Å². The van der Waals surface area contributed by atoms with Crippen LogP contribution in [0.2, 0.25) is 0 Å². The molecule has 0 aromatic carbocycles. The molecule has 0 saturated carbocycles. The monoisotopic (exact) mass is 245 g/mol. The first-order chi connectivity index (χ1) is 7.75. The van der Waals surface area contributed by atoms with E-state index in [4.69, 9.17) is 5.11 Å². The maximum absolute atomic E-state index is 10.3. The normalized spacial score (nSPS) is 10.5. The Morgan fingerprint density at radius 3 is 2.18 bits per heavy atom. The first-order valence-corrected chi connectivity index (χ1v) is 6.06. The van der Waals surface area contributed by atoms with Gasteiger partial charge in [-0.05, 0) is 18.8 Å². The Kier molecular flexibility index (Phi) is 11.2. The van der Waals surface area contributed by atoms with Gasteiger partial charge in [-0.15, -0.1) is 0 Å². The highest BCUT2D eigenvalue weighted by molar-refractivity contribution is 5.72. The first kappa shape index (κ1) is 18.5. The summed E-state index contributed by atoms with van der Waals surface area (Å²) in [6.45, 7) is 10.3. The van der Waals surface area contributed by atoms with Gasteiger partial charge in [-0.3, -0.25) is 4.79 Å². The average Bonchev–Trinajstić information content (AvgIpc) is 2.17. The molecule has 0 spiro atoms. The third-order valence-corrected chi connectivity index (χ3v) is 2.17. The summed E-state index contributed by atoms with van der Waals surface area (Å²) in [6, 6.07) is 0. The van der Waals surface area contributed by atoms with Gasteiger partial charge in [0.05, 0.1) is 0 Å². The maximum Gasteiger partial charge on any atom is 0.216 e. The second kappa shape index (κ2) is 10.3. The number of carbonyl (C=O) groups is 2. The molecule has 0 aromatic heterocycles. The Labute approximate surface area is 105 Å². The lowest BCUT2D eigenvalue weighted by molar-refractivity contribution is -0.119. The van der Waals surface area contributed by atoms with Gasteiger partial charge in [0, 0.05) is 25.5 Å². The lowest BCUT2D eigenvalue weighted by Crippen LogP contribution is -2.21. The third kappa shape index (κ3) is 17.7. The number of hydrogen-bond donors (Lipinski definition) is 2. The van der Waals surface area contributed by atoms with Crippen LogP contribution >= 0.6 is 0 Å². The van der Waals surface area contributed by atoms with Crippen LogP contribution in [0.15, 0.2) is 0 Å². The number of nitrogens with one attached hydrogen (secondary N) is 1. The highest BCUT2D eigenvalue weighted by Crippen LogP contribution is 2.14. The molecule has 0 bridgehead atoms. The Morgan fingerprint density at radius 1 is 1.41 bits per heavy atom. The highest BCUT2D eigenvalue weighted by atomic mass is 16.3. The number of aliphatic hydroxyl groups excluding tert-OH is 1. The van der Waals surface area contributed by atoms with Crippen molar-refractivity contribution in [3.05, 3.63) is 0 Å². The zero-order valence-corrected chi connectivity index (χ0v) is 11.7. The van der Waals surface area contributed by atoms with Crippen LogP contribution < -0.4 is 5.32 Å². The largest absolute Gasteiger partial charge is 0.396 e. The van der Waals surface area contributed by atoms with Gasteiger partial charge >= 0.3 is 0 Å². The van der Waals surface area contributed by atoms with E-state index in [0.29, 0.717) is 12.3 Å². The first-order valence-electron chi connectivity index (χ1n) is 6.06. The molecule has 0 aliphatic carbocycles. The van der Waals surface area contributed by atoms with E-state index in [1.807, 2.05) is 0 Å². The Balaban J connectivity index is 0. The topological polar surface area (TPSA) is 66.4 Å². The number of amides is 1. The smallest absolute Gasteiger partial charge is 0.216 e. The lowest BCUT2D eigenvalue weighted by Gasteiger charge is -2.12. The van der Waals surface area contributed by atoms with Crippen LogP contribution in [-0.4, -0.2) is 30.5 Å². The Bertz CT molecular complexity index is 213. The minimum Gasteiger partial charge on any atom is -0.396 e. The average molecular weight is 245 g/mol. The summed E-state index contributed by atoms with van der Waals surface area (Å²) < 4.78 is 0. The number of aliphatic hydroxyl groups is 1. The van der Waals surface area contributed by atoms with Crippen molar-refractivity contribution in [2.24, 2.45) is 11.3 Å². The van der Waals surface area contributed by atoms with Crippen LogP contribution in [-0.2, 0) is 9.59 Å². The molecule has 0 fully saturated rings. The van der Waals surface area contributed by atoms with Crippen LogP contribution in [0.25, 0.3) is 0 Å². The van der Waals surface area contributed by atoms with Gasteiger partial charge in [0.25, 0.3) is 0 Å². The molecule has 0 radical (unpaired) electrons. The van der Waals surface area contributed by atoms with E-state index >= 15 is 0 Å². The van der Waals surface area contributed by atoms with Gasteiger partial charge in [-0.1, -0.05) is 27.7 Å². The zero-order valence-electron chi connectivity index (χ0n) is 11.7. The molecule has 0 aliphatic rings. The minimum atomic E-state index is -0.339. The summed E-state index contributed by atoms with van der Waals surface area (Å²) in [4.78, 5) is 20.4. The number of aldehydes is 1. The van der Waals surface area contributed by atoms with Crippen molar-refractivity contribution < 1.29 is 14.7 Å². The van der Waals surface area contributed by atoms with E-state index < -0.39 is 0 Å². The summed E-state index contributed by atoms with van der Waals surface area (Å²) in [6.07, 6.45) is 2.49. The highest BCUT2D eigenvalue weighted by Gasteiger charge is 2.14. The molecule has 1 amide bonds. The molecule has 0 rings (SSSR count). The molecule has 4 nitrogen and oxygen atoms in total. The van der Waals surface area contributed by atoms with Crippen molar-refractivity contribution in [3.63, 3.8) is 0 Å². The van der Waals surface area contributed by atoms with Crippen molar-refractivity contribution in [1.82, 2.24) is 5.32 Å². The second-order valence-electron chi connectivity index (χ2n) is 5.25. The fourth-order valence-electron chi connectivity index (χ4n) is 0.884. The van der Waals surface area contributed by atoms with Crippen LogP contribution in [0, 0.1) is 11.3 Å². The molecule has 0 saturated heterocycles. The van der Waals surface area contributed by atoms with Gasteiger partial charge in [-0.2, -0.15) is 0 Å². The number of hydrogen-bond acceptors (Lipinski definition) is 3. The molecule has 0 unspecified atom stereocenters. The van der Waals surface area contributed by atoms with Crippen molar-refractivity contribution in [3.8, 4) is 0 Å². The quantitative estimate of drug-likeness (QED) is 0.701.